The lowest BCUT2D eigenvalue weighted by atomic mass is 9.96. The van der Waals surface area contributed by atoms with Crippen molar-refractivity contribution in [2.24, 2.45) is 5.92 Å². The molecule has 2 aliphatic heterocycles. The molecule has 0 saturated carbocycles. The number of sulfonamides is 1. The van der Waals surface area contributed by atoms with E-state index in [-0.39, 0.29) is 35.7 Å². The van der Waals surface area contributed by atoms with Gasteiger partial charge in [0.05, 0.1) is 15.7 Å². The molecule has 0 spiro atoms. The zero-order chi connectivity index (χ0) is 21.1. The maximum Gasteiger partial charge on any atom is 0.263 e. The van der Waals surface area contributed by atoms with Crippen LogP contribution in [0.2, 0.25) is 0 Å². The lowest BCUT2D eigenvalue weighted by Gasteiger charge is -2.38. The van der Waals surface area contributed by atoms with Crippen LogP contribution in [0.4, 0.5) is 0 Å². The SMILES string of the molecule is O=C(c1cccs1)N1CCC[C@@H](C(=O)N2CCN(S(=O)(=O)c3ccccc3)CC2)C1. The summed E-state index contributed by atoms with van der Waals surface area (Å²) in [5.74, 6) is -0.211. The van der Waals surface area contributed by atoms with Gasteiger partial charge in [0, 0.05) is 39.3 Å². The summed E-state index contributed by atoms with van der Waals surface area (Å²) >= 11 is 1.41. The third-order valence-corrected chi connectivity index (χ3v) is 8.49. The fourth-order valence-corrected chi connectivity index (χ4v) is 6.20. The minimum absolute atomic E-state index is 0.0127. The number of carbonyl (C=O) groups excluding carboxylic acids is 2. The van der Waals surface area contributed by atoms with E-state index in [4.69, 9.17) is 0 Å². The molecule has 9 heteroatoms. The molecule has 30 heavy (non-hydrogen) atoms. The summed E-state index contributed by atoms with van der Waals surface area (Å²) in [6.07, 6.45) is 1.56. The van der Waals surface area contributed by atoms with Crippen LogP contribution in [0.5, 0.6) is 0 Å². The third kappa shape index (κ3) is 4.28. The van der Waals surface area contributed by atoms with Gasteiger partial charge < -0.3 is 9.80 Å². The highest BCUT2D eigenvalue weighted by Crippen LogP contribution is 2.24. The van der Waals surface area contributed by atoms with Crippen molar-refractivity contribution in [1.82, 2.24) is 14.1 Å². The van der Waals surface area contributed by atoms with Crippen molar-refractivity contribution in [3.05, 3.63) is 52.7 Å². The van der Waals surface area contributed by atoms with E-state index in [9.17, 15) is 18.0 Å². The number of amides is 2. The maximum atomic E-state index is 13.1. The molecule has 0 bridgehead atoms. The van der Waals surface area contributed by atoms with Gasteiger partial charge in [0.1, 0.15) is 0 Å². The number of hydrogen-bond donors (Lipinski definition) is 0. The fourth-order valence-electron chi connectivity index (χ4n) is 4.07. The van der Waals surface area contributed by atoms with Gasteiger partial charge in [-0.1, -0.05) is 24.3 Å². The quantitative estimate of drug-likeness (QED) is 0.719. The number of carbonyl (C=O) groups is 2. The van der Waals surface area contributed by atoms with Crippen molar-refractivity contribution in [1.29, 1.82) is 0 Å². The molecule has 3 heterocycles. The van der Waals surface area contributed by atoms with Crippen LogP contribution in [0, 0.1) is 5.92 Å². The Morgan fingerprint density at radius 1 is 0.900 bits per heavy atom. The first-order valence-corrected chi connectivity index (χ1v) is 12.5. The van der Waals surface area contributed by atoms with Crippen LogP contribution in [-0.4, -0.2) is 73.6 Å². The summed E-state index contributed by atoms with van der Waals surface area (Å²) in [5, 5.41) is 1.88. The van der Waals surface area contributed by atoms with Crippen LogP contribution >= 0.6 is 11.3 Å². The molecule has 2 saturated heterocycles. The Labute approximate surface area is 180 Å². The molecule has 2 aromatic rings. The van der Waals surface area contributed by atoms with Crippen molar-refractivity contribution < 1.29 is 18.0 Å². The van der Waals surface area contributed by atoms with E-state index in [2.05, 4.69) is 0 Å². The molecule has 1 atom stereocenters. The van der Waals surface area contributed by atoms with E-state index >= 15 is 0 Å². The molecule has 0 radical (unpaired) electrons. The van der Waals surface area contributed by atoms with Crippen LogP contribution in [0.3, 0.4) is 0 Å². The van der Waals surface area contributed by atoms with E-state index in [0.717, 1.165) is 12.8 Å². The number of hydrogen-bond acceptors (Lipinski definition) is 5. The van der Waals surface area contributed by atoms with Crippen LogP contribution in [0.25, 0.3) is 0 Å². The second kappa shape index (κ2) is 8.87. The Kier molecular flexibility index (Phi) is 6.21. The average molecular weight is 448 g/mol. The minimum Gasteiger partial charge on any atom is -0.340 e. The van der Waals surface area contributed by atoms with Crippen molar-refractivity contribution >= 4 is 33.2 Å². The van der Waals surface area contributed by atoms with Crippen LogP contribution in [0.15, 0.2) is 52.7 Å². The number of likely N-dealkylation sites (tertiary alicyclic amines) is 1. The summed E-state index contributed by atoms with van der Waals surface area (Å²) in [6.45, 7) is 2.42. The van der Waals surface area contributed by atoms with Gasteiger partial charge in [-0.15, -0.1) is 11.3 Å². The van der Waals surface area contributed by atoms with Gasteiger partial charge in [0.15, 0.2) is 0 Å². The molecule has 0 aliphatic carbocycles. The fraction of sp³-hybridized carbons (Fsp3) is 0.429. The van der Waals surface area contributed by atoms with Crippen molar-refractivity contribution in [3.8, 4) is 0 Å². The second-order valence-corrected chi connectivity index (χ2v) is 10.5. The Morgan fingerprint density at radius 3 is 2.30 bits per heavy atom. The second-order valence-electron chi connectivity index (χ2n) is 7.61. The Bertz CT molecular complexity index is 985. The molecule has 0 unspecified atom stereocenters. The van der Waals surface area contributed by atoms with Gasteiger partial charge in [-0.2, -0.15) is 4.31 Å². The average Bonchev–Trinajstić information content (AvgIpc) is 3.34. The number of rotatable bonds is 4. The molecular formula is C21H25N3O4S2. The lowest BCUT2D eigenvalue weighted by Crippen LogP contribution is -2.54. The molecule has 0 N–H and O–H groups in total. The van der Waals surface area contributed by atoms with Crippen LogP contribution in [0.1, 0.15) is 22.5 Å². The highest BCUT2D eigenvalue weighted by molar-refractivity contribution is 7.89. The number of thiophene rings is 1. The standard InChI is InChI=1S/C21H25N3O4S2/c25-20(17-6-4-10-23(16-17)21(26)19-9-5-15-29-19)22-11-13-24(14-12-22)30(27,28)18-7-2-1-3-8-18/h1-3,5,7-9,15,17H,4,6,10-14,16H2/t17-/m1/s1. The van der Waals surface area contributed by atoms with E-state index in [1.54, 1.807) is 40.1 Å². The molecule has 1 aromatic heterocycles. The zero-order valence-electron chi connectivity index (χ0n) is 16.6. The molecule has 160 valence electrons. The van der Waals surface area contributed by atoms with Gasteiger partial charge in [-0.05, 0) is 36.4 Å². The molecule has 4 rings (SSSR count). The molecular weight excluding hydrogens is 422 g/mol. The minimum atomic E-state index is -3.54. The Hall–Kier alpha value is -2.23. The monoisotopic (exact) mass is 447 g/mol. The van der Waals surface area contributed by atoms with Gasteiger partial charge in [-0.25, -0.2) is 8.42 Å². The topological polar surface area (TPSA) is 78.0 Å². The first-order chi connectivity index (χ1) is 14.5. The normalized spacial score (nSPS) is 20.9. The van der Waals surface area contributed by atoms with E-state index in [0.29, 0.717) is 31.1 Å². The highest BCUT2D eigenvalue weighted by atomic mass is 32.2. The number of piperidine rings is 1. The molecule has 2 amide bonds. The zero-order valence-corrected chi connectivity index (χ0v) is 18.3. The predicted octanol–water partition coefficient (Wildman–Crippen LogP) is 2.13. The Balaban J connectivity index is 1.35. The number of piperazine rings is 1. The largest absolute Gasteiger partial charge is 0.340 e. The van der Waals surface area contributed by atoms with Gasteiger partial charge in [0.2, 0.25) is 15.9 Å². The Morgan fingerprint density at radius 2 is 1.63 bits per heavy atom. The van der Waals surface area contributed by atoms with Gasteiger partial charge in [0.25, 0.3) is 5.91 Å². The van der Waals surface area contributed by atoms with Gasteiger partial charge >= 0.3 is 0 Å². The number of benzene rings is 1. The third-order valence-electron chi connectivity index (χ3n) is 5.72. The molecule has 2 fully saturated rings. The van der Waals surface area contributed by atoms with Crippen molar-refractivity contribution in [2.75, 3.05) is 39.3 Å². The van der Waals surface area contributed by atoms with Gasteiger partial charge in [-0.3, -0.25) is 9.59 Å². The molecule has 7 nitrogen and oxygen atoms in total. The van der Waals surface area contributed by atoms with E-state index in [1.165, 1.54) is 15.6 Å². The lowest BCUT2D eigenvalue weighted by molar-refractivity contribution is -0.138. The van der Waals surface area contributed by atoms with E-state index < -0.39 is 10.0 Å². The molecule has 1 aromatic carbocycles. The summed E-state index contributed by atoms with van der Waals surface area (Å²) in [4.78, 5) is 30.2. The smallest absolute Gasteiger partial charge is 0.263 e. The maximum absolute atomic E-state index is 13.1. The summed E-state index contributed by atoms with van der Waals surface area (Å²) in [5.41, 5.74) is 0. The first kappa shape index (κ1) is 21.0. The van der Waals surface area contributed by atoms with Crippen LogP contribution in [-0.2, 0) is 14.8 Å². The van der Waals surface area contributed by atoms with E-state index in [1.807, 2.05) is 17.5 Å². The first-order valence-electron chi connectivity index (χ1n) is 10.1. The highest BCUT2D eigenvalue weighted by Gasteiger charge is 2.35. The summed E-state index contributed by atoms with van der Waals surface area (Å²) in [7, 11) is -3.54. The predicted molar refractivity (Wildman–Crippen MR) is 115 cm³/mol. The van der Waals surface area contributed by atoms with Crippen molar-refractivity contribution in [2.45, 2.75) is 17.7 Å². The summed E-state index contributed by atoms with van der Waals surface area (Å²) in [6, 6.07) is 12.0. The van der Waals surface area contributed by atoms with Crippen LogP contribution < -0.4 is 0 Å². The molecule has 2 aliphatic rings. The summed E-state index contributed by atoms with van der Waals surface area (Å²) < 4.78 is 27.0. The number of nitrogens with zero attached hydrogens (tertiary/aromatic N) is 3. The van der Waals surface area contributed by atoms with Crippen molar-refractivity contribution in [3.63, 3.8) is 0 Å².